The molecule has 19 heavy (non-hydrogen) atoms. The van der Waals surface area contributed by atoms with Crippen LogP contribution in [0.1, 0.15) is 24.1 Å². The predicted octanol–water partition coefficient (Wildman–Crippen LogP) is 3.08. The smallest absolute Gasteiger partial charge is 0.272 e. The number of para-hydroxylation sites is 1. The standard InChI is InChI=1S/C14H16N2O3/c1-2-15-13(12-7-8-19-10-12)9-11-5-3-4-6-14(11)16(17)18/h3-8,10,13,15H,2,9H2,1H3. The summed E-state index contributed by atoms with van der Waals surface area (Å²) in [5.41, 5.74) is 1.88. The van der Waals surface area contributed by atoms with E-state index in [-0.39, 0.29) is 16.7 Å². The minimum atomic E-state index is -0.340. The number of nitro groups is 1. The van der Waals surface area contributed by atoms with Crippen molar-refractivity contribution in [2.24, 2.45) is 0 Å². The van der Waals surface area contributed by atoms with E-state index < -0.39 is 0 Å². The van der Waals surface area contributed by atoms with Crippen LogP contribution in [0.4, 0.5) is 5.69 Å². The van der Waals surface area contributed by atoms with Gasteiger partial charge in [-0.1, -0.05) is 25.1 Å². The van der Waals surface area contributed by atoms with Gasteiger partial charge in [0.2, 0.25) is 0 Å². The van der Waals surface area contributed by atoms with E-state index in [1.165, 1.54) is 6.07 Å². The maximum atomic E-state index is 11.0. The first kappa shape index (κ1) is 13.3. The maximum absolute atomic E-state index is 11.0. The predicted molar refractivity (Wildman–Crippen MR) is 71.9 cm³/mol. The van der Waals surface area contributed by atoms with E-state index in [0.29, 0.717) is 6.42 Å². The number of hydrogen-bond acceptors (Lipinski definition) is 4. The molecule has 1 heterocycles. The van der Waals surface area contributed by atoms with E-state index in [9.17, 15) is 10.1 Å². The Morgan fingerprint density at radius 2 is 2.16 bits per heavy atom. The van der Waals surface area contributed by atoms with Crippen molar-refractivity contribution in [1.82, 2.24) is 5.32 Å². The second-order valence-corrected chi connectivity index (χ2v) is 4.26. The second kappa shape index (κ2) is 6.15. The lowest BCUT2D eigenvalue weighted by Crippen LogP contribution is -2.22. The van der Waals surface area contributed by atoms with Gasteiger partial charge in [-0.3, -0.25) is 10.1 Å². The fourth-order valence-electron chi connectivity index (χ4n) is 2.11. The number of likely N-dealkylation sites (N-methyl/N-ethyl adjacent to an activating group) is 1. The molecular formula is C14H16N2O3. The Hall–Kier alpha value is -2.14. The summed E-state index contributed by atoms with van der Waals surface area (Å²) in [6.45, 7) is 2.79. The van der Waals surface area contributed by atoms with Crippen molar-refractivity contribution < 1.29 is 9.34 Å². The normalized spacial score (nSPS) is 12.3. The van der Waals surface area contributed by atoms with Gasteiger partial charge in [0.05, 0.1) is 17.4 Å². The van der Waals surface area contributed by atoms with E-state index >= 15 is 0 Å². The maximum Gasteiger partial charge on any atom is 0.272 e. The number of rotatable bonds is 6. The third-order valence-corrected chi connectivity index (χ3v) is 3.01. The summed E-state index contributed by atoms with van der Waals surface area (Å²) in [6.07, 6.45) is 3.84. The number of benzene rings is 1. The first-order chi connectivity index (χ1) is 9.22. The van der Waals surface area contributed by atoms with Gasteiger partial charge < -0.3 is 9.73 Å². The molecule has 0 fully saturated rings. The zero-order valence-electron chi connectivity index (χ0n) is 10.7. The first-order valence-electron chi connectivity index (χ1n) is 6.20. The number of nitro benzene ring substituents is 1. The first-order valence-corrected chi connectivity index (χ1v) is 6.20. The fourth-order valence-corrected chi connectivity index (χ4v) is 2.11. The number of nitrogens with one attached hydrogen (secondary N) is 1. The molecule has 100 valence electrons. The van der Waals surface area contributed by atoms with Crippen LogP contribution >= 0.6 is 0 Å². The van der Waals surface area contributed by atoms with E-state index in [2.05, 4.69) is 5.32 Å². The summed E-state index contributed by atoms with van der Waals surface area (Å²) < 4.78 is 5.08. The van der Waals surface area contributed by atoms with Gasteiger partial charge >= 0.3 is 0 Å². The van der Waals surface area contributed by atoms with Gasteiger partial charge in [0, 0.05) is 23.2 Å². The van der Waals surface area contributed by atoms with E-state index in [1.807, 2.05) is 19.1 Å². The third-order valence-electron chi connectivity index (χ3n) is 3.01. The van der Waals surface area contributed by atoms with E-state index in [4.69, 9.17) is 4.42 Å². The van der Waals surface area contributed by atoms with Crippen LogP contribution in [-0.2, 0) is 6.42 Å². The SMILES string of the molecule is CCNC(Cc1ccccc1[N+](=O)[O-])c1ccoc1. The molecule has 2 rings (SSSR count). The fraction of sp³-hybridized carbons (Fsp3) is 0.286. The zero-order valence-corrected chi connectivity index (χ0v) is 10.7. The van der Waals surface area contributed by atoms with Gasteiger partial charge in [-0.05, 0) is 19.0 Å². The molecule has 0 aliphatic heterocycles. The third kappa shape index (κ3) is 3.20. The molecule has 0 saturated carbocycles. The van der Waals surface area contributed by atoms with Crippen molar-refractivity contribution in [2.75, 3.05) is 6.54 Å². The molecule has 5 heteroatoms. The Bertz CT molecular complexity index is 537. The molecule has 2 aromatic rings. The van der Waals surface area contributed by atoms with Gasteiger partial charge in [0.25, 0.3) is 5.69 Å². The van der Waals surface area contributed by atoms with Crippen molar-refractivity contribution in [1.29, 1.82) is 0 Å². The Kier molecular flexibility index (Phi) is 4.30. The molecule has 0 saturated heterocycles. The summed E-state index contributed by atoms with van der Waals surface area (Å²) in [5, 5.41) is 14.3. The van der Waals surface area contributed by atoms with E-state index in [0.717, 1.165) is 17.7 Å². The van der Waals surface area contributed by atoms with Crippen molar-refractivity contribution in [3.63, 3.8) is 0 Å². The van der Waals surface area contributed by atoms with Gasteiger partial charge in [-0.25, -0.2) is 0 Å². The minimum absolute atomic E-state index is 0.0184. The highest BCUT2D eigenvalue weighted by molar-refractivity contribution is 5.40. The lowest BCUT2D eigenvalue weighted by Gasteiger charge is -2.16. The van der Waals surface area contributed by atoms with Crippen LogP contribution in [0, 0.1) is 10.1 Å². The lowest BCUT2D eigenvalue weighted by atomic mass is 10.00. The summed E-state index contributed by atoms with van der Waals surface area (Å²) >= 11 is 0. The average Bonchev–Trinajstić information content (AvgIpc) is 2.92. The van der Waals surface area contributed by atoms with Crippen LogP contribution in [-0.4, -0.2) is 11.5 Å². The molecule has 0 radical (unpaired) electrons. The van der Waals surface area contributed by atoms with Crippen molar-refractivity contribution in [2.45, 2.75) is 19.4 Å². The van der Waals surface area contributed by atoms with Gasteiger partial charge in [-0.2, -0.15) is 0 Å². The number of hydrogen-bond donors (Lipinski definition) is 1. The van der Waals surface area contributed by atoms with Crippen molar-refractivity contribution in [3.05, 3.63) is 64.1 Å². The molecule has 0 spiro atoms. The van der Waals surface area contributed by atoms with Crippen LogP contribution in [0.2, 0.25) is 0 Å². The molecule has 1 aromatic carbocycles. The van der Waals surface area contributed by atoms with Crippen LogP contribution in [0.3, 0.4) is 0 Å². The molecule has 1 unspecified atom stereocenters. The molecule has 1 atom stereocenters. The van der Waals surface area contributed by atoms with Crippen LogP contribution < -0.4 is 5.32 Å². The van der Waals surface area contributed by atoms with Crippen LogP contribution in [0.5, 0.6) is 0 Å². The highest BCUT2D eigenvalue weighted by atomic mass is 16.6. The average molecular weight is 260 g/mol. The monoisotopic (exact) mass is 260 g/mol. The van der Waals surface area contributed by atoms with Gasteiger partial charge in [0.1, 0.15) is 0 Å². The number of furan rings is 1. The van der Waals surface area contributed by atoms with Crippen LogP contribution in [0.25, 0.3) is 0 Å². The largest absolute Gasteiger partial charge is 0.472 e. The molecule has 0 bridgehead atoms. The molecule has 5 nitrogen and oxygen atoms in total. The zero-order chi connectivity index (χ0) is 13.7. The Labute approximate surface area is 111 Å². The summed E-state index contributed by atoms with van der Waals surface area (Å²) in [6, 6.07) is 8.73. The van der Waals surface area contributed by atoms with Crippen molar-refractivity contribution >= 4 is 5.69 Å². The van der Waals surface area contributed by atoms with Crippen LogP contribution in [0.15, 0.2) is 47.3 Å². The molecule has 1 N–H and O–H groups in total. The molecule has 0 amide bonds. The summed E-state index contributed by atoms with van der Waals surface area (Å²) in [4.78, 5) is 10.7. The Morgan fingerprint density at radius 3 is 2.79 bits per heavy atom. The minimum Gasteiger partial charge on any atom is -0.472 e. The molecule has 0 aliphatic rings. The molecular weight excluding hydrogens is 244 g/mol. The molecule has 0 aliphatic carbocycles. The van der Waals surface area contributed by atoms with Gasteiger partial charge in [0.15, 0.2) is 0 Å². The highest BCUT2D eigenvalue weighted by Crippen LogP contribution is 2.25. The molecule has 1 aromatic heterocycles. The van der Waals surface area contributed by atoms with Crippen molar-refractivity contribution in [3.8, 4) is 0 Å². The summed E-state index contributed by atoms with van der Waals surface area (Å²) in [5.74, 6) is 0. The Balaban J connectivity index is 2.25. The number of nitrogens with zero attached hydrogens (tertiary/aromatic N) is 1. The highest BCUT2D eigenvalue weighted by Gasteiger charge is 2.18. The second-order valence-electron chi connectivity index (χ2n) is 4.26. The van der Waals surface area contributed by atoms with E-state index in [1.54, 1.807) is 24.7 Å². The summed E-state index contributed by atoms with van der Waals surface area (Å²) in [7, 11) is 0. The Morgan fingerprint density at radius 1 is 1.37 bits per heavy atom. The quantitative estimate of drug-likeness (QED) is 0.640. The lowest BCUT2D eigenvalue weighted by molar-refractivity contribution is -0.385. The topological polar surface area (TPSA) is 68.3 Å². The van der Waals surface area contributed by atoms with Gasteiger partial charge in [-0.15, -0.1) is 0 Å².